The zero-order valence-corrected chi connectivity index (χ0v) is 9.18. The van der Waals surface area contributed by atoms with Gasteiger partial charge in [0.1, 0.15) is 5.82 Å². The maximum absolute atomic E-state index is 11.8. The highest BCUT2D eigenvalue weighted by atomic mass is 16.1. The zero-order chi connectivity index (χ0) is 12.1. The van der Waals surface area contributed by atoms with Crippen molar-refractivity contribution in [2.75, 3.05) is 0 Å². The Balaban J connectivity index is 1.99. The molecule has 0 radical (unpaired) electrons. The van der Waals surface area contributed by atoms with Gasteiger partial charge in [-0.1, -0.05) is 0 Å². The number of rotatable bonds is 4. The molecule has 1 amide bonds. The lowest BCUT2D eigenvalue weighted by atomic mass is 10.2. The highest BCUT2D eigenvalue weighted by molar-refractivity contribution is 5.94. The van der Waals surface area contributed by atoms with E-state index < -0.39 is 0 Å². The molecule has 0 fully saturated rings. The summed E-state index contributed by atoms with van der Waals surface area (Å²) in [6.45, 7) is 0.686. The van der Waals surface area contributed by atoms with Crippen LogP contribution in [0, 0.1) is 0 Å². The minimum atomic E-state index is -0.168. The van der Waals surface area contributed by atoms with Gasteiger partial charge < -0.3 is 16.0 Å². The number of carbonyl (C=O) groups is 1. The molecule has 0 aromatic carbocycles. The molecule has 0 spiro atoms. The van der Waals surface area contributed by atoms with Crippen molar-refractivity contribution in [2.24, 2.45) is 5.73 Å². The predicted molar refractivity (Wildman–Crippen MR) is 61.9 cm³/mol. The molecule has 0 atom stereocenters. The normalized spacial score (nSPS) is 10.2. The van der Waals surface area contributed by atoms with Crippen LogP contribution in [0.5, 0.6) is 0 Å². The Morgan fingerprint density at radius 2 is 2.29 bits per heavy atom. The van der Waals surface area contributed by atoms with E-state index in [4.69, 9.17) is 5.73 Å². The molecule has 88 valence electrons. The van der Waals surface area contributed by atoms with Crippen LogP contribution in [0.4, 0.5) is 0 Å². The Hall–Kier alpha value is -2.21. The quantitative estimate of drug-likeness (QED) is 0.700. The second-order valence-corrected chi connectivity index (χ2v) is 3.46. The third kappa shape index (κ3) is 2.88. The lowest BCUT2D eigenvalue weighted by molar-refractivity contribution is 0.0949. The molecule has 0 aliphatic rings. The minimum Gasteiger partial charge on any atom is -0.347 e. The van der Waals surface area contributed by atoms with Crippen molar-refractivity contribution in [3.63, 3.8) is 0 Å². The molecule has 2 aromatic rings. The Morgan fingerprint density at radius 1 is 1.41 bits per heavy atom. The van der Waals surface area contributed by atoms with E-state index in [0.717, 1.165) is 0 Å². The first-order valence-corrected chi connectivity index (χ1v) is 5.21. The summed E-state index contributed by atoms with van der Waals surface area (Å²) in [6.07, 6.45) is 4.92. The molecule has 0 bridgehead atoms. The number of aromatic amines is 1. The molecule has 17 heavy (non-hydrogen) atoms. The van der Waals surface area contributed by atoms with Crippen LogP contribution < -0.4 is 11.1 Å². The van der Waals surface area contributed by atoms with Crippen molar-refractivity contribution in [2.45, 2.75) is 13.1 Å². The van der Waals surface area contributed by atoms with Crippen molar-refractivity contribution in [3.8, 4) is 0 Å². The number of pyridine rings is 1. The van der Waals surface area contributed by atoms with E-state index in [0.29, 0.717) is 30.2 Å². The lowest BCUT2D eigenvalue weighted by Crippen LogP contribution is -2.23. The second kappa shape index (κ2) is 5.22. The Bertz CT molecular complexity index is 494. The van der Waals surface area contributed by atoms with Crippen LogP contribution in [0.1, 0.15) is 21.9 Å². The van der Waals surface area contributed by atoms with E-state index in [1.165, 1.54) is 0 Å². The van der Waals surface area contributed by atoms with Crippen LogP contribution in [0.15, 0.2) is 30.7 Å². The fraction of sp³-hybridized carbons (Fsp3) is 0.182. The van der Waals surface area contributed by atoms with Gasteiger partial charge in [-0.15, -0.1) is 0 Å². The van der Waals surface area contributed by atoms with E-state index >= 15 is 0 Å². The third-order valence-electron chi connectivity index (χ3n) is 2.26. The van der Waals surface area contributed by atoms with Gasteiger partial charge in [-0.25, -0.2) is 4.98 Å². The van der Waals surface area contributed by atoms with E-state index in [-0.39, 0.29) is 5.91 Å². The van der Waals surface area contributed by atoms with Gasteiger partial charge in [-0.2, -0.15) is 0 Å². The number of hydrogen-bond acceptors (Lipinski definition) is 4. The van der Waals surface area contributed by atoms with Gasteiger partial charge in [0.05, 0.1) is 12.2 Å². The number of amides is 1. The Labute approximate surface area is 98.3 Å². The number of imidazole rings is 1. The SMILES string of the molecule is NCc1cc(C(=O)NCc2ncc[nH]2)ccn1. The molecular formula is C11H13N5O. The Morgan fingerprint density at radius 3 is 3.00 bits per heavy atom. The predicted octanol–water partition coefficient (Wildman–Crippen LogP) is 0.193. The largest absolute Gasteiger partial charge is 0.347 e. The molecule has 6 heteroatoms. The number of nitrogens with two attached hydrogens (primary N) is 1. The van der Waals surface area contributed by atoms with Gasteiger partial charge in [-0.05, 0) is 12.1 Å². The van der Waals surface area contributed by atoms with Crippen molar-refractivity contribution >= 4 is 5.91 Å². The van der Waals surface area contributed by atoms with Crippen molar-refractivity contribution in [3.05, 3.63) is 47.8 Å². The molecule has 2 rings (SSSR count). The number of aromatic nitrogens is 3. The van der Waals surface area contributed by atoms with E-state index in [9.17, 15) is 4.79 Å². The molecule has 6 nitrogen and oxygen atoms in total. The fourth-order valence-corrected chi connectivity index (χ4v) is 1.39. The molecule has 4 N–H and O–H groups in total. The standard InChI is InChI=1S/C11H13N5O/c12-6-9-5-8(1-2-13-9)11(17)16-7-10-14-3-4-15-10/h1-5H,6-7,12H2,(H,14,15)(H,16,17). The summed E-state index contributed by atoms with van der Waals surface area (Å²) in [7, 11) is 0. The minimum absolute atomic E-state index is 0.168. The van der Waals surface area contributed by atoms with Crippen LogP contribution in [0.3, 0.4) is 0 Å². The molecule has 2 heterocycles. The smallest absolute Gasteiger partial charge is 0.251 e. The first-order valence-electron chi connectivity index (χ1n) is 5.21. The van der Waals surface area contributed by atoms with Crippen LogP contribution >= 0.6 is 0 Å². The maximum atomic E-state index is 11.8. The maximum Gasteiger partial charge on any atom is 0.251 e. The summed E-state index contributed by atoms with van der Waals surface area (Å²) >= 11 is 0. The third-order valence-corrected chi connectivity index (χ3v) is 2.26. The monoisotopic (exact) mass is 231 g/mol. The first-order chi connectivity index (χ1) is 8.29. The van der Waals surface area contributed by atoms with E-state index in [1.807, 2.05) is 0 Å². The summed E-state index contributed by atoms with van der Waals surface area (Å²) < 4.78 is 0. The summed E-state index contributed by atoms with van der Waals surface area (Å²) in [6, 6.07) is 3.33. The van der Waals surface area contributed by atoms with Gasteiger partial charge in [-0.3, -0.25) is 9.78 Å². The topological polar surface area (TPSA) is 96.7 Å². The molecule has 0 unspecified atom stereocenters. The molecule has 0 aliphatic heterocycles. The van der Waals surface area contributed by atoms with Gasteiger partial charge in [0.15, 0.2) is 0 Å². The van der Waals surface area contributed by atoms with Crippen molar-refractivity contribution in [1.29, 1.82) is 0 Å². The summed E-state index contributed by atoms with van der Waals surface area (Å²) in [5.74, 6) is 0.546. The molecule has 0 saturated heterocycles. The molecular weight excluding hydrogens is 218 g/mol. The zero-order valence-electron chi connectivity index (χ0n) is 9.18. The van der Waals surface area contributed by atoms with Crippen LogP contribution in [0.2, 0.25) is 0 Å². The molecule has 2 aromatic heterocycles. The average molecular weight is 231 g/mol. The fourth-order valence-electron chi connectivity index (χ4n) is 1.39. The van der Waals surface area contributed by atoms with Gasteiger partial charge in [0.2, 0.25) is 0 Å². The molecule has 0 aliphatic carbocycles. The average Bonchev–Trinajstić information content (AvgIpc) is 2.89. The van der Waals surface area contributed by atoms with Crippen LogP contribution in [0.25, 0.3) is 0 Å². The van der Waals surface area contributed by atoms with E-state index in [2.05, 4.69) is 20.3 Å². The first kappa shape index (κ1) is 11.3. The van der Waals surface area contributed by atoms with Crippen molar-refractivity contribution < 1.29 is 4.79 Å². The van der Waals surface area contributed by atoms with Crippen LogP contribution in [-0.2, 0) is 13.1 Å². The van der Waals surface area contributed by atoms with Crippen molar-refractivity contribution in [1.82, 2.24) is 20.3 Å². The number of carbonyl (C=O) groups excluding carboxylic acids is 1. The van der Waals surface area contributed by atoms with E-state index in [1.54, 1.807) is 30.7 Å². The molecule has 0 saturated carbocycles. The summed E-state index contributed by atoms with van der Waals surface area (Å²) in [4.78, 5) is 22.7. The second-order valence-electron chi connectivity index (χ2n) is 3.46. The number of hydrogen-bond donors (Lipinski definition) is 3. The number of nitrogens with one attached hydrogen (secondary N) is 2. The van der Waals surface area contributed by atoms with Gasteiger partial charge in [0.25, 0.3) is 5.91 Å². The lowest BCUT2D eigenvalue weighted by Gasteiger charge is -2.04. The summed E-state index contributed by atoms with van der Waals surface area (Å²) in [5, 5.41) is 2.75. The van der Waals surface area contributed by atoms with Gasteiger partial charge >= 0.3 is 0 Å². The Kier molecular flexibility index (Phi) is 3.46. The number of H-pyrrole nitrogens is 1. The summed E-state index contributed by atoms with van der Waals surface area (Å²) in [5.41, 5.74) is 6.70. The highest BCUT2D eigenvalue weighted by Gasteiger charge is 2.06. The van der Waals surface area contributed by atoms with Gasteiger partial charge in [0, 0.05) is 30.7 Å². The highest BCUT2D eigenvalue weighted by Crippen LogP contribution is 2.01. The number of nitrogens with zero attached hydrogens (tertiary/aromatic N) is 2. The van der Waals surface area contributed by atoms with Crippen LogP contribution in [-0.4, -0.2) is 20.9 Å².